The van der Waals surface area contributed by atoms with Crippen LogP contribution in [0.15, 0.2) is 24.3 Å². The molecule has 0 saturated heterocycles. The van der Waals surface area contributed by atoms with Crippen LogP contribution in [0.4, 0.5) is 5.69 Å². The molecule has 1 aromatic carbocycles. The Kier molecular flexibility index (Phi) is 7.04. The molecule has 0 fully saturated rings. The fourth-order valence-corrected chi connectivity index (χ4v) is 1.78. The van der Waals surface area contributed by atoms with Crippen LogP contribution in [-0.2, 0) is 4.74 Å². The number of hydrogen-bond acceptors (Lipinski definition) is 4. The molecule has 0 aromatic heterocycles. The van der Waals surface area contributed by atoms with Crippen molar-refractivity contribution in [1.29, 1.82) is 0 Å². The van der Waals surface area contributed by atoms with E-state index in [0.717, 1.165) is 12.2 Å². The second kappa shape index (κ2) is 8.55. The van der Waals surface area contributed by atoms with Gasteiger partial charge in [0, 0.05) is 38.5 Å². The lowest BCUT2D eigenvalue weighted by Gasteiger charge is -2.16. The van der Waals surface area contributed by atoms with Gasteiger partial charge in [0.1, 0.15) is 0 Å². The van der Waals surface area contributed by atoms with Crippen LogP contribution in [0.25, 0.3) is 0 Å². The maximum Gasteiger partial charge on any atom is 0.251 e. The molecule has 1 rings (SSSR count). The Bertz CT molecular complexity index is 406. The average Bonchev–Trinajstić information content (AvgIpc) is 2.46. The van der Waals surface area contributed by atoms with Gasteiger partial charge in [0.05, 0.1) is 12.7 Å². The molecule has 5 nitrogen and oxygen atoms in total. The van der Waals surface area contributed by atoms with Crippen molar-refractivity contribution in [2.75, 3.05) is 38.8 Å². The quantitative estimate of drug-likeness (QED) is 0.753. The highest BCUT2D eigenvalue weighted by Crippen LogP contribution is 2.13. The summed E-state index contributed by atoms with van der Waals surface area (Å²) >= 11 is 0. The Balaban J connectivity index is 2.44. The van der Waals surface area contributed by atoms with Gasteiger partial charge in [0.25, 0.3) is 5.91 Å². The first kappa shape index (κ1) is 16.5. The number of rotatable bonds is 8. The molecule has 112 valence electrons. The minimum absolute atomic E-state index is 0.125. The number of carbonyl (C=O) groups is 1. The highest BCUT2D eigenvalue weighted by Gasteiger charge is 2.08. The van der Waals surface area contributed by atoms with Crippen molar-refractivity contribution in [3.05, 3.63) is 29.8 Å². The van der Waals surface area contributed by atoms with E-state index in [1.54, 1.807) is 0 Å². The summed E-state index contributed by atoms with van der Waals surface area (Å²) in [5, 5.41) is 12.3. The lowest BCUT2D eigenvalue weighted by atomic mass is 10.2. The van der Waals surface area contributed by atoms with Gasteiger partial charge in [-0.2, -0.15) is 0 Å². The predicted molar refractivity (Wildman–Crippen MR) is 80.2 cm³/mol. The van der Waals surface area contributed by atoms with Crippen molar-refractivity contribution in [3.8, 4) is 0 Å². The van der Waals surface area contributed by atoms with E-state index in [1.807, 2.05) is 31.3 Å². The zero-order valence-corrected chi connectivity index (χ0v) is 12.4. The third-order valence-electron chi connectivity index (χ3n) is 3.17. The molecule has 0 radical (unpaired) electrons. The highest BCUT2D eigenvalue weighted by atomic mass is 16.5. The highest BCUT2D eigenvalue weighted by molar-refractivity contribution is 5.94. The van der Waals surface area contributed by atoms with E-state index in [9.17, 15) is 9.90 Å². The van der Waals surface area contributed by atoms with Crippen molar-refractivity contribution in [1.82, 2.24) is 5.32 Å². The van der Waals surface area contributed by atoms with E-state index >= 15 is 0 Å². The van der Waals surface area contributed by atoms with Crippen LogP contribution >= 0.6 is 0 Å². The third-order valence-corrected chi connectivity index (χ3v) is 3.17. The molecule has 0 aliphatic heterocycles. The van der Waals surface area contributed by atoms with Gasteiger partial charge >= 0.3 is 0 Å². The van der Waals surface area contributed by atoms with E-state index in [2.05, 4.69) is 17.1 Å². The van der Waals surface area contributed by atoms with Gasteiger partial charge in [0.15, 0.2) is 0 Å². The lowest BCUT2D eigenvalue weighted by Crippen LogP contribution is -2.28. The summed E-state index contributed by atoms with van der Waals surface area (Å²) in [5.74, 6) is -0.125. The minimum Gasteiger partial charge on any atom is -0.391 e. The van der Waals surface area contributed by atoms with Crippen LogP contribution in [0.3, 0.4) is 0 Å². The van der Waals surface area contributed by atoms with Gasteiger partial charge in [-0.25, -0.2) is 0 Å². The number of nitrogens with one attached hydrogen (secondary N) is 1. The predicted octanol–water partition coefficient (Wildman–Crippen LogP) is 1.27. The van der Waals surface area contributed by atoms with E-state index < -0.39 is 6.10 Å². The topological polar surface area (TPSA) is 61.8 Å². The van der Waals surface area contributed by atoms with Gasteiger partial charge in [-0.1, -0.05) is 0 Å². The fourth-order valence-electron chi connectivity index (χ4n) is 1.78. The zero-order chi connectivity index (χ0) is 15.0. The molecular formula is C15H24N2O3. The molecule has 1 unspecified atom stereocenters. The molecule has 1 aromatic rings. The summed E-state index contributed by atoms with van der Waals surface area (Å²) in [7, 11) is 3.54. The fraction of sp³-hybridized carbons (Fsp3) is 0.533. The van der Waals surface area contributed by atoms with Gasteiger partial charge in [-0.3, -0.25) is 4.79 Å². The summed E-state index contributed by atoms with van der Waals surface area (Å²) in [4.78, 5) is 14.0. The Morgan fingerprint density at radius 1 is 1.40 bits per heavy atom. The van der Waals surface area contributed by atoms with Gasteiger partial charge < -0.3 is 20.1 Å². The molecule has 0 heterocycles. The SMILES string of the molecule is CCN(C)c1ccc(C(=O)NCCC(O)COC)cc1. The summed E-state index contributed by atoms with van der Waals surface area (Å²) in [6.45, 7) is 3.71. The molecule has 0 saturated carbocycles. The summed E-state index contributed by atoms with van der Waals surface area (Å²) in [6, 6.07) is 7.47. The Morgan fingerprint density at radius 2 is 2.05 bits per heavy atom. The number of ether oxygens (including phenoxy) is 1. The van der Waals surface area contributed by atoms with Crippen molar-refractivity contribution >= 4 is 11.6 Å². The second-order valence-electron chi connectivity index (χ2n) is 4.71. The number of hydrogen-bond donors (Lipinski definition) is 2. The molecule has 0 bridgehead atoms. The van der Waals surface area contributed by atoms with Gasteiger partial charge in [-0.05, 0) is 37.6 Å². The van der Waals surface area contributed by atoms with Crippen LogP contribution in [0, 0.1) is 0 Å². The molecule has 1 atom stereocenters. The number of benzene rings is 1. The summed E-state index contributed by atoms with van der Waals surface area (Å²) < 4.78 is 4.82. The van der Waals surface area contributed by atoms with Crippen LogP contribution in [-0.4, -0.2) is 51.0 Å². The maximum atomic E-state index is 11.9. The first-order valence-corrected chi connectivity index (χ1v) is 6.84. The van der Waals surface area contributed by atoms with Crippen LogP contribution in [0.5, 0.6) is 0 Å². The summed E-state index contributed by atoms with van der Waals surface area (Å²) in [5.41, 5.74) is 1.71. The van der Waals surface area contributed by atoms with Crippen LogP contribution in [0.2, 0.25) is 0 Å². The average molecular weight is 280 g/mol. The van der Waals surface area contributed by atoms with Crippen molar-refractivity contribution < 1.29 is 14.6 Å². The minimum atomic E-state index is -0.541. The number of aliphatic hydroxyl groups excluding tert-OH is 1. The normalized spacial score (nSPS) is 12.0. The number of anilines is 1. The molecule has 5 heteroatoms. The smallest absolute Gasteiger partial charge is 0.251 e. The van der Waals surface area contributed by atoms with Crippen molar-refractivity contribution in [3.63, 3.8) is 0 Å². The van der Waals surface area contributed by atoms with E-state index in [1.165, 1.54) is 7.11 Å². The van der Waals surface area contributed by atoms with Crippen LogP contribution < -0.4 is 10.2 Å². The van der Waals surface area contributed by atoms with Crippen molar-refractivity contribution in [2.45, 2.75) is 19.4 Å². The molecule has 0 aliphatic carbocycles. The molecule has 0 aliphatic rings. The standard InChI is InChI=1S/C15H24N2O3/c1-4-17(2)13-7-5-12(6-8-13)15(19)16-10-9-14(18)11-20-3/h5-8,14,18H,4,9-11H2,1-3H3,(H,16,19). The Labute approximate surface area is 120 Å². The van der Waals surface area contributed by atoms with E-state index in [0.29, 0.717) is 18.5 Å². The number of methoxy groups -OCH3 is 1. The number of aliphatic hydroxyl groups is 1. The molecular weight excluding hydrogens is 256 g/mol. The zero-order valence-electron chi connectivity index (χ0n) is 12.4. The number of amides is 1. The largest absolute Gasteiger partial charge is 0.391 e. The van der Waals surface area contributed by atoms with E-state index in [-0.39, 0.29) is 12.5 Å². The first-order valence-electron chi connectivity index (χ1n) is 6.84. The summed E-state index contributed by atoms with van der Waals surface area (Å²) in [6.07, 6.45) is -0.0585. The number of nitrogens with zero attached hydrogens (tertiary/aromatic N) is 1. The van der Waals surface area contributed by atoms with Crippen LogP contribution in [0.1, 0.15) is 23.7 Å². The Morgan fingerprint density at radius 3 is 2.60 bits per heavy atom. The van der Waals surface area contributed by atoms with Gasteiger partial charge in [0.2, 0.25) is 0 Å². The third kappa shape index (κ3) is 5.19. The second-order valence-corrected chi connectivity index (χ2v) is 4.71. The van der Waals surface area contributed by atoms with E-state index in [4.69, 9.17) is 4.74 Å². The van der Waals surface area contributed by atoms with Crippen molar-refractivity contribution in [2.24, 2.45) is 0 Å². The lowest BCUT2D eigenvalue weighted by molar-refractivity contribution is 0.0587. The Hall–Kier alpha value is -1.59. The number of carbonyl (C=O) groups excluding carboxylic acids is 1. The first-order chi connectivity index (χ1) is 9.58. The van der Waals surface area contributed by atoms with Gasteiger partial charge in [-0.15, -0.1) is 0 Å². The maximum absolute atomic E-state index is 11.9. The molecule has 1 amide bonds. The molecule has 20 heavy (non-hydrogen) atoms. The molecule has 2 N–H and O–H groups in total. The monoisotopic (exact) mass is 280 g/mol. The molecule has 0 spiro atoms.